The average molecular weight is 282 g/mol. The summed E-state index contributed by atoms with van der Waals surface area (Å²) in [4.78, 5) is 10.6. The highest BCUT2D eigenvalue weighted by atomic mass is 32.1. The predicted molar refractivity (Wildman–Crippen MR) is 81.4 cm³/mol. The predicted octanol–water partition coefficient (Wildman–Crippen LogP) is 1.69. The number of likely N-dealkylation sites (tertiary alicyclic amines) is 1. The molecular formula is C14H26N4S. The zero-order valence-electron chi connectivity index (χ0n) is 12.5. The highest BCUT2D eigenvalue weighted by molar-refractivity contribution is 7.09. The Labute approximate surface area is 120 Å². The van der Waals surface area contributed by atoms with Gasteiger partial charge in [-0.1, -0.05) is 0 Å². The number of thiazole rings is 1. The minimum Gasteiger partial charge on any atom is -0.329 e. The molecule has 1 aliphatic rings. The quantitative estimate of drug-likeness (QED) is 0.913. The van der Waals surface area contributed by atoms with E-state index in [0.717, 1.165) is 38.2 Å². The van der Waals surface area contributed by atoms with Crippen LogP contribution in [0.3, 0.4) is 0 Å². The third kappa shape index (κ3) is 2.99. The van der Waals surface area contributed by atoms with Crippen LogP contribution in [0.2, 0.25) is 0 Å². The van der Waals surface area contributed by atoms with Gasteiger partial charge >= 0.3 is 0 Å². The van der Waals surface area contributed by atoms with Crippen molar-refractivity contribution in [1.29, 1.82) is 0 Å². The van der Waals surface area contributed by atoms with Crippen molar-refractivity contribution in [1.82, 2.24) is 14.8 Å². The number of hydrogen-bond acceptors (Lipinski definition) is 5. The highest BCUT2D eigenvalue weighted by Crippen LogP contribution is 2.32. The largest absolute Gasteiger partial charge is 0.329 e. The molecule has 2 unspecified atom stereocenters. The highest BCUT2D eigenvalue weighted by Gasteiger charge is 2.39. The molecule has 0 aromatic carbocycles. The third-order valence-corrected chi connectivity index (χ3v) is 5.69. The first kappa shape index (κ1) is 14.9. The molecule has 2 heterocycles. The topological polar surface area (TPSA) is 45.4 Å². The normalized spacial score (nSPS) is 29.1. The van der Waals surface area contributed by atoms with Gasteiger partial charge in [-0.3, -0.25) is 4.90 Å². The van der Waals surface area contributed by atoms with Crippen LogP contribution in [0.5, 0.6) is 0 Å². The Morgan fingerprint density at radius 1 is 1.63 bits per heavy atom. The van der Waals surface area contributed by atoms with E-state index in [0.29, 0.717) is 6.04 Å². The zero-order valence-corrected chi connectivity index (χ0v) is 13.3. The molecule has 0 amide bonds. The lowest BCUT2D eigenvalue weighted by molar-refractivity contribution is 0.0226. The molecule has 108 valence electrons. The number of hydrogen-bond donors (Lipinski definition) is 1. The molecule has 1 saturated heterocycles. The van der Waals surface area contributed by atoms with E-state index in [1.807, 2.05) is 5.51 Å². The van der Waals surface area contributed by atoms with Crippen molar-refractivity contribution in [3.05, 3.63) is 16.1 Å². The summed E-state index contributed by atoms with van der Waals surface area (Å²) in [6.45, 7) is 7.22. The standard InChI is InChI=1S/C14H26N4S/c1-11-7-14(9-15,5-6-17(11)3)18(4)8-13-12(2)16-10-19-13/h10-11H,5-9,15H2,1-4H3. The minimum atomic E-state index is 0.141. The summed E-state index contributed by atoms with van der Waals surface area (Å²) >= 11 is 1.75. The number of piperidine rings is 1. The van der Waals surface area contributed by atoms with Gasteiger partial charge in [0.15, 0.2) is 0 Å². The molecule has 19 heavy (non-hydrogen) atoms. The molecule has 2 atom stereocenters. The van der Waals surface area contributed by atoms with Gasteiger partial charge in [0.05, 0.1) is 11.2 Å². The van der Waals surface area contributed by atoms with E-state index in [4.69, 9.17) is 5.73 Å². The Kier molecular flexibility index (Phi) is 4.61. The van der Waals surface area contributed by atoms with E-state index in [1.165, 1.54) is 4.88 Å². The molecule has 0 bridgehead atoms. The molecule has 1 aromatic heterocycles. The van der Waals surface area contributed by atoms with Crippen molar-refractivity contribution >= 4 is 11.3 Å². The van der Waals surface area contributed by atoms with E-state index >= 15 is 0 Å². The van der Waals surface area contributed by atoms with Crippen molar-refractivity contribution in [2.24, 2.45) is 5.73 Å². The van der Waals surface area contributed by atoms with Crippen LogP contribution < -0.4 is 5.73 Å². The maximum absolute atomic E-state index is 6.14. The SMILES string of the molecule is Cc1ncsc1CN(C)C1(CN)CCN(C)C(C)C1. The monoisotopic (exact) mass is 282 g/mol. The Hall–Kier alpha value is -0.490. The second-order valence-electron chi connectivity index (χ2n) is 5.93. The zero-order chi connectivity index (χ0) is 14.0. The van der Waals surface area contributed by atoms with Crippen LogP contribution >= 0.6 is 11.3 Å². The molecule has 4 nitrogen and oxygen atoms in total. The number of aromatic nitrogens is 1. The lowest BCUT2D eigenvalue weighted by Crippen LogP contribution is -2.59. The molecule has 0 spiro atoms. The van der Waals surface area contributed by atoms with Crippen LogP contribution in [0.25, 0.3) is 0 Å². The molecule has 2 rings (SSSR count). The van der Waals surface area contributed by atoms with Gasteiger partial charge in [0.2, 0.25) is 0 Å². The smallest absolute Gasteiger partial charge is 0.0798 e. The van der Waals surface area contributed by atoms with E-state index in [9.17, 15) is 0 Å². The Morgan fingerprint density at radius 3 is 2.89 bits per heavy atom. The van der Waals surface area contributed by atoms with Crippen LogP contribution in [-0.4, -0.2) is 53.5 Å². The first-order chi connectivity index (χ1) is 8.98. The second kappa shape index (κ2) is 5.87. The maximum Gasteiger partial charge on any atom is 0.0798 e. The van der Waals surface area contributed by atoms with Gasteiger partial charge in [0, 0.05) is 29.5 Å². The van der Waals surface area contributed by atoms with Gasteiger partial charge in [-0.25, -0.2) is 4.98 Å². The summed E-state index contributed by atoms with van der Waals surface area (Å²) < 4.78 is 0. The fourth-order valence-electron chi connectivity index (χ4n) is 2.96. The van der Waals surface area contributed by atoms with Crippen LogP contribution in [0, 0.1) is 6.92 Å². The number of nitrogens with zero attached hydrogens (tertiary/aromatic N) is 3. The van der Waals surface area contributed by atoms with Crippen molar-refractivity contribution in [2.75, 3.05) is 27.2 Å². The molecule has 0 saturated carbocycles. The molecule has 1 aliphatic heterocycles. The molecule has 1 fully saturated rings. The van der Waals surface area contributed by atoms with E-state index in [-0.39, 0.29) is 5.54 Å². The van der Waals surface area contributed by atoms with Gasteiger partial charge in [-0.05, 0) is 47.3 Å². The van der Waals surface area contributed by atoms with Crippen molar-refractivity contribution in [3.8, 4) is 0 Å². The lowest BCUT2D eigenvalue weighted by atomic mass is 9.82. The van der Waals surface area contributed by atoms with Gasteiger partial charge in [0.25, 0.3) is 0 Å². The van der Waals surface area contributed by atoms with E-state index < -0.39 is 0 Å². The lowest BCUT2D eigenvalue weighted by Gasteiger charge is -2.49. The summed E-state index contributed by atoms with van der Waals surface area (Å²) in [5, 5.41) is 0. The van der Waals surface area contributed by atoms with Gasteiger partial charge < -0.3 is 10.6 Å². The minimum absolute atomic E-state index is 0.141. The first-order valence-corrected chi connectivity index (χ1v) is 7.87. The van der Waals surface area contributed by atoms with Crippen LogP contribution in [-0.2, 0) is 6.54 Å². The van der Waals surface area contributed by atoms with E-state index in [2.05, 4.69) is 42.7 Å². The summed E-state index contributed by atoms with van der Waals surface area (Å²) in [5.74, 6) is 0. The molecule has 2 N–H and O–H groups in total. The molecule has 0 aliphatic carbocycles. The average Bonchev–Trinajstić information content (AvgIpc) is 2.78. The van der Waals surface area contributed by atoms with Crippen molar-refractivity contribution < 1.29 is 0 Å². The molecule has 0 radical (unpaired) electrons. The number of nitrogens with two attached hydrogens (primary N) is 1. The van der Waals surface area contributed by atoms with Gasteiger partial charge in [-0.2, -0.15) is 0 Å². The van der Waals surface area contributed by atoms with Gasteiger partial charge in [0.1, 0.15) is 0 Å². The van der Waals surface area contributed by atoms with Crippen LogP contribution in [0.1, 0.15) is 30.3 Å². The van der Waals surface area contributed by atoms with Crippen LogP contribution in [0.15, 0.2) is 5.51 Å². The second-order valence-corrected chi connectivity index (χ2v) is 6.87. The van der Waals surface area contributed by atoms with Crippen molar-refractivity contribution in [3.63, 3.8) is 0 Å². The fraction of sp³-hybridized carbons (Fsp3) is 0.786. The number of likely N-dealkylation sites (N-methyl/N-ethyl adjacent to an activating group) is 1. The summed E-state index contributed by atoms with van der Waals surface area (Å²) in [5.41, 5.74) is 9.38. The summed E-state index contributed by atoms with van der Waals surface area (Å²) in [7, 11) is 4.42. The Bertz CT molecular complexity index is 419. The molecular weight excluding hydrogens is 256 g/mol. The van der Waals surface area contributed by atoms with Gasteiger partial charge in [-0.15, -0.1) is 11.3 Å². The Morgan fingerprint density at radius 2 is 2.37 bits per heavy atom. The molecule has 5 heteroatoms. The third-order valence-electron chi connectivity index (χ3n) is 4.77. The molecule has 1 aromatic rings. The van der Waals surface area contributed by atoms with Crippen LogP contribution in [0.4, 0.5) is 0 Å². The van der Waals surface area contributed by atoms with Crippen molar-refractivity contribution in [2.45, 2.75) is 44.8 Å². The number of aryl methyl sites for hydroxylation is 1. The fourth-order valence-corrected chi connectivity index (χ4v) is 3.79. The Balaban J connectivity index is 2.10. The summed E-state index contributed by atoms with van der Waals surface area (Å²) in [6.07, 6.45) is 2.30. The number of rotatable bonds is 4. The first-order valence-electron chi connectivity index (χ1n) is 6.99. The maximum atomic E-state index is 6.14. The van der Waals surface area contributed by atoms with E-state index in [1.54, 1.807) is 11.3 Å². The summed E-state index contributed by atoms with van der Waals surface area (Å²) in [6, 6.07) is 0.599.